The standard InChI is InChI=1S/C40H42Cl2N6O4/c1-25-27(21-51-37-33(41)17-29(35(47-37)49-3)19-45-39(23-43)13-7-14-39)9-5-11-31(25)32-12-6-10-28(26(32)2)22-52-38-34(42)18-30(36(48-38)50-4)20-46-40(24-44)15-8-16-40/h5-6,9-12,17-18,45-46H,7-8,13-16,19-22H2,1-4H3. The minimum atomic E-state index is -0.497. The topological polar surface area (TPSA) is 134 Å². The number of benzene rings is 2. The maximum atomic E-state index is 9.58. The van der Waals surface area contributed by atoms with Crippen LogP contribution < -0.4 is 29.6 Å². The number of rotatable bonds is 15. The van der Waals surface area contributed by atoms with Crippen LogP contribution in [0.15, 0.2) is 48.5 Å². The Morgan fingerprint density at radius 3 is 1.38 bits per heavy atom. The maximum Gasteiger partial charge on any atom is 0.236 e. The van der Waals surface area contributed by atoms with Crippen molar-refractivity contribution < 1.29 is 18.9 Å². The second kappa shape index (κ2) is 16.0. The molecule has 10 nitrogen and oxygen atoms in total. The van der Waals surface area contributed by atoms with Gasteiger partial charge in [0.1, 0.15) is 34.3 Å². The molecule has 2 fully saturated rings. The predicted octanol–water partition coefficient (Wildman–Crippen LogP) is 8.31. The molecule has 2 saturated carbocycles. The second-order valence-electron chi connectivity index (χ2n) is 13.4. The van der Waals surface area contributed by atoms with Crippen molar-refractivity contribution in [1.29, 1.82) is 10.5 Å². The smallest absolute Gasteiger partial charge is 0.236 e. The van der Waals surface area contributed by atoms with E-state index in [4.69, 9.17) is 42.1 Å². The number of methoxy groups -OCH3 is 2. The number of pyridine rings is 2. The number of hydrogen-bond donors (Lipinski definition) is 2. The third-order valence-corrected chi connectivity index (χ3v) is 10.9. The van der Waals surface area contributed by atoms with Gasteiger partial charge >= 0.3 is 0 Å². The number of halogens is 2. The highest BCUT2D eigenvalue weighted by Gasteiger charge is 2.37. The van der Waals surface area contributed by atoms with Crippen LogP contribution in [0.2, 0.25) is 10.0 Å². The van der Waals surface area contributed by atoms with E-state index in [2.05, 4.69) is 58.7 Å². The molecule has 4 aromatic rings. The van der Waals surface area contributed by atoms with Gasteiger partial charge in [-0.1, -0.05) is 59.6 Å². The third kappa shape index (κ3) is 7.77. The molecule has 2 N–H and O–H groups in total. The van der Waals surface area contributed by atoms with Gasteiger partial charge in [0, 0.05) is 24.2 Å². The molecular weight excluding hydrogens is 699 g/mol. The molecule has 0 aliphatic heterocycles. The molecule has 52 heavy (non-hydrogen) atoms. The van der Waals surface area contributed by atoms with Crippen molar-refractivity contribution in [2.75, 3.05) is 14.2 Å². The summed E-state index contributed by atoms with van der Waals surface area (Å²) in [6, 6.07) is 20.6. The van der Waals surface area contributed by atoms with Crippen molar-refractivity contribution in [3.63, 3.8) is 0 Å². The molecule has 270 valence electrons. The molecular formula is C40H42Cl2N6O4. The van der Waals surface area contributed by atoms with Gasteiger partial charge in [-0.15, -0.1) is 0 Å². The van der Waals surface area contributed by atoms with Crippen molar-refractivity contribution in [2.45, 2.75) is 89.8 Å². The van der Waals surface area contributed by atoms with E-state index in [0.29, 0.717) is 34.9 Å². The molecule has 0 spiro atoms. The van der Waals surface area contributed by atoms with Crippen LogP contribution in [0.4, 0.5) is 0 Å². The quantitative estimate of drug-likeness (QED) is 0.123. The zero-order valence-corrected chi connectivity index (χ0v) is 31.4. The van der Waals surface area contributed by atoms with Crippen LogP contribution in [0.1, 0.15) is 71.9 Å². The normalized spacial score (nSPS) is 15.4. The van der Waals surface area contributed by atoms with Crippen LogP contribution in [0.5, 0.6) is 23.5 Å². The molecule has 6 rings (SSSR count). The van der Waals surface area contributed by atoms with Crippen molar-refractivity contribution in [2.24, 2.45) is 0 Å². The average Bonchev–Trinajstić information content (AvgIpc) is 3.11. The van der Waals surface area contributed by atoms with Gasteiger partial charge in [0.25, 0.3) is 0 Å². The van der Waals surface area contributed by atoms with Gasteiger partial charge in [0.2, 0.25) is 23.5 Å². The van der Waals surface area contributed by atoms with Crippen LogP contribution in [0.25, 0.3) is 11.1 Å². The van der Waals surface area contributed by atoms with Gasteiger partial charge in [0.05, 0.1) is 26.4 Å². The second-order valence-corrected chi connectivity index (χ2v) is 14.3. The van der Waals surface area contributed by atoms with Gasteiger partial charge in [-0.05, 0) is 97.9 Å². The van der Waals surface area contributed by atoms with Gasteiger partial charge in [-0.2, -0.15) is 20.5 Å². The van der Waals surface area contributed by atoms with Crippen molar-refractivity contribution in [3.05, 3.63) is 92.0 Å². The predicted molar refractivity (Wildman–Crippen MR) is 200 cm³/mol. The number of aromatic nitrogens is 2. The van der Waals surface area contributed by atoms with Crippen LogP contribution in [0, 0.1) is 36.5 Å². The Morgan fingerprint density at radius 2 is 1.06 bits per heavy atom. The minimum absolute atomic E-state index is 0.252. The summed E-state index contributed by atoms with van der Waals surface area (Å²) in [5, 5.41) is 26.6. The lowest BCUT2D eigenvalue weighted by Gasteiger charge is -2.36. The molecule has 12 heteroatoms. The van der Waals surface area contributed by atoms with Crippen molar-refractivity contribution >= 4 is 23.2 Å². The summed E-state index contributed by atoms with van der Waals surface area (Å²) in [6.07, 6.45) is 5.37. The fourth-order valence-corrected chi connectivity index (χ4v) is 7.06. The Morgan fingerprint density at radius 1 is 0.654 bits per heavy atom. The first kappa shape index (κ1) is 37.2. The van der Waals surface area contributed by atoms with E-state index in [1.54, 1.807) is 26.4 Å². The van der Waals surface area contributed by atoms with E-state index < -0.39 is 11.1 Å². The molecule has 2 aromatic heterocycles. The van der Waals surface area contributed by atoms with E-state index in [1.165, 1.54) is 0 Å². The molecule has 2 aliphatic rings. The number of hydrogen-bond acceptors (Lipinski definition) is 10. The number of nitrogens with one attached hydrogen (secondary N) is 2. The van der Waals surface area contributed by atoms with Gasteiger partial charge in [0.15, 0.2) is 0 Å². The first-order valence-corrected chi connectivity index (χ1v) is 18.1. The minimum Gasteiger partial charge on any atom is -0.481 e. The molecule has 2 aliphatic carbocycles. The van der Waals surface area contributed by atoms with Crippen LogP contribution >= 0.6 is 23.2 Å². The Labute approximate surface area is 315 Å². The molecule has 0 radical (unpaired) electrons. The van der Waals surface area contributed by atoms with Crippen LogP contribution in [-0.4, -0.2) is 35.3 Å². The Kier molecular flexibility index (Phi) is 11.4. The fourth-order valence-electron chi connectivity index (χ4n) is 6.60. The lowest BCUT2D eigenvalue weighted by molar-refractivity contribution is 0.250. The molecule has 0 atom stereocenters. The zero-order valence-electron chi connectivity index (χ0n) is 29.9. The molecule has 2 aromatic carbocycles. The molecule has 2 heterocycles. The SMILES string of the molecule is COc1nc(OCc2cccc(-c3cccc(COc4nc(OC)c(CNC5(C#N)CCC5)cc4Cl)c3C)c2C)c(Cl)cc1CNC1(C#N)CCC1. The van der Waals surface area contributed by atoms with E-state index in [9.17, 15) is 10.5 Å². The van der Waals surface area contributed by atoms with Gasteiger partial charge in [-0.25, -0.2) is 0 Å². The van der Waals surface area contributed by atoms with Crippen molar-refractivity contribution in [1.82, 2.24) is 20.6 Å². The molecule has 0 unspecified atom stereocenters. The highest BCUT2D eigenvalue weighted by molar-refractivity contribution is 6.32. The van der Waals surface area contributed by atoms with Crippen molar-refractivity contribution in [3.8, 4) is 46.8 Å². The Bertz CT molecular complexity index is 1890. The molecule has 0 bridgehead atoms. The highest BCUT2D eigenvalue weighted by Crippen LogP contribution is 2.37. The third-order valence-electron chi connectivity index (χ3n) is 10.3. The highest BCUT2D eigenvalue weighted by atomic mass is 35.5. The summed E-state index contributed by atoms with van der Waals surface area (Å²) in [6.45, 7) is 5.48. The summed E-state index contributed by atoms with van der Waals surface area (Å²) < 4.78 is 23.4. The van der Waals surface area contributed by atoms with E-state index in [-0.39, 0.29) is 25.0 Å². The van der Waals surface area contributed by atoms with Crippen LogP contribution in [-0.2, 0) is 26.3 Å². The largest absolute Gasteiger partial charge is 0.481 e. The fraction of sp³-hybridized carbons (Fsp3) is 0.400. The van der Waals surface area contributed by atoms with Crippen LogP contribution in [0.3, 0.4) is 0 Å². The van der Waals surface area contributed by atoms with E-state index >= 15 is 0 Å². The number of ether oxygens (including phenoxy) is 4. The summed E-state index contributed by atoms with van der Waals surface area (Å²) in [7, 11) is 3.11. The Balaban J connectivity index is 1.14. The maximum absolute atomic E-state index is 9.58. The first-order valence-electron chi connectivity index (χ1n) is 17.4. The molecule has 0 amide bonds. The number of nitrogens with zero attached hydrogens (tertiary/aromatic N) is 4. The van der Waals surface area contributed by atoms with E-state index in [1.807, 2.05) is 24.3 Å². The summed E-state index contributed by atoms with van der Waals surface area (Å²) in [5.41, 5.74) is 6.76. The first-order chi connectivity index (χ1) is 25.1. The summed E-state index contributed by atoms with van der Waals surface area (Å²) in [4.78, 5) is 9.11. The van der Waals surface area contributed by atoms with Gasteiger partial charge in [-0.3, -0.25) is 10.6 Å². The lowest BCUT2D eigenvalue weighted by atomic mass is 9.78. The average molecular weight is 742 g/mol. The summed E-state index contributed by atoms with van der Waals surface area (Å²) in [5.74, 6) is 1.36. The van der Waals surface area contributed by atoms with Gasteiger partial charge < -0.3 is 18.9 Å². The lowest BCUT2D eigenvalue weighted by Crippen LogP contribution is -2.49. The van der Waals surface area contributed by atoms with E-state index in [0.717, 1.165) is 83.0 Å². The monoisotopic (exact) mass is 740 g/mol. The molecule has 0 saturated heterocycles. The summed E-state index contributed by atoms with van der Waals surface area (Å²) >= 11 is 13.3. The Hall–Kier alpha value is -4.58. The zero-order chi connectivity index (χ0) is 36.9. The number of nitriles is 2.